The van der Waals surface area contributed by atoms with Crippen molar-refractivity contribution in [2.45, 2.75) is 18.9 Å². The van der Waals surface area contributed by atoms with E-state index in [0.29, 0.717) is 11.5 Å². The lowest BCUT2D eigenvalue weighted by Crippen LogP contribution is -2.40. The van der Waals surface area contributed by atoms with Gasteiger partial charge in [-0.3, -0.25) is 10.2 Å². The number of rotatable bonds is 7. The summed E-state index contributed by atoms with van der Waals surface area (Å²) in [6.45, 7) is 0. The summed E-state index contributed by atoms with van der Waals surface area (Å²) in [7, 11) is 3.10. The van der Waals surface area contributed by atoms with Crippen LogP contribution in [0.1, 0.15) is 29.3 Å². The molecule has 1 aliphatic rings. The van der Waals surface area contributed by atoms with E-state index in [4.69, 9.17) is 9.47 Å². The highest BCUT2D eigenvalue weighted by molar-refractivity contribution is 7.11. The first kappa shape index (κ1) is 18.8. The third kappa shape index (κ3) is 4.06. The number of hydrazine groups is 1. The van der Waals surface area contributed by atoms with Gasteiger partial charge < -0.3 is 19.4 Å². The largest absolute Gasteiger partial charge is 0.550 e. The van der Waals surface area contributed by atoms with Crippen LogP contribution in [-0.2, 0) is 9.59 Å². The van der Waals surface area contributed by atoms with Gasteiger partial charge >= 0.3 is 0 Å². The molecule has 1 N–H and O–H groups in total. The summed E-state index contributed by atoms with van der Waals surface area (Å²) in [6, 6.07) is 8.89. The van der Waals surface area contributed by atoms with Gasteiger partial charge in [-0.1, -0.05) is 12.1 Å². The maximum absolute atomic E-state index is 12.6. The standard InChI is InChI=1S/C19H20N2O5S/c1-25-15-6-5-12(10-16(15)26-2)14-11-13(17-4-3-9-27-17)20-21(14)18(22)7-8-19(23)24/h3-6,9-11,14,20H,7-8H2,1-2H3,(H,23,24)/p-1/t14-/m0/s1. The highest BCUT2D eigenvalue weighted by atomic mass is 32.1. The minimum absolute atomic E-state index is 0.148. The summed E-state index contributed by atoms with van der Waals surface area (Å²) >= 11 is 1.55. The van der Waals surface area contributed by atoms with E-state index < -0.39 is 12.0 Å². The molecular formula is C19H19N2O5S-. The fraction of sp³-hybridized carbons (Fsp3) is 0.263. The Morgan fingerprint density at radius 1 is 1.19 bits per heavy atom. The Balaban J connectivity index is 1.93. The van der Waals surface area contributed by atoms with Crippen molar-refractivity contribution in [3.8, 4) is 11.5 Å². The van der Waals surface area contributed by atoms with E-state index in [9.17, 15) is 14.7 Å². The molecule has 1 atom stereocenters. The van der Waals surface area contributed by atoms with Crippen LogP contribution in [0.3, 0.4) is 0 Å². The molecule has 0 aliphatic carbocycles. The summed E-state index contributed by atoms with van der Waals surface area (Å²) in [4.78, 5) is 24.3. The number of carbonyl (C=O) groups is 2. The molecule has 142 valence electrons. The molecule has 7 nitrogen and oxygen atoms in total. The van der Waals surface area contributed by atoms with Gasteiger partial charge in [0.15, 0.2) is 11.5 Å². The first-order valence-electron chi connectivity index (χ1n) is 8.29. The van der Waals surface area contributed by atoms with Crippen LogP contribution in [0, 0.1) is 0 Å². The van der Waals surface area contributed by atoms with Crippen LogP contribution in [0.4, 0.5) is 0 Å². The van der Waals surface area contributed by atoms with Gasteiger partial charge in [0.1, 0.15) is 0 Å². The molecule has 1 aromatic heterocycles. The molecule has 27 heavy (non-hydrogen) atoms. The van der Waals surface area contributed by atoms with Gasteiger partial charge in [0, 0.05) is 12.4 Å². The van der Waals surface area contributed by atoms with Crippen LogP contribution in [0.25, 0.3) is 5.70 Å². The van der Waals surface area contributed by atoms with Gasteiger partial charge in [0.05, 0.1) is 30.8 Å². The Kier molecular flexibility index (Phi) is 5.66. The molecule has 0 spiro atoms. The van der Waals surface area contributed by atoms with E-state index in [2.05, 4.69) is 5.43 Å². The molecule has 1 aromatic carbocycles. The normalized spacial score (nSPS) is 15.9. The maximum atomic E-state index is 12.6. The average Bonchev–Trinajstić information content (AvgIpc) is 3.35. The van der Waals surface area contributed by atoms with Crippen LogP contribution < -0.4 is 20.0 Å². The molecule has 0 unspecified atom stereocenters. The Labute approximate surface area is 160 Å². The van der Waals surface area contributed by atoms with Crippen LogP contribution >= 0.6 is 11.3 Å². The van der Waals surface area contributed by atoms with Gasteiger partial charge in [-0.15, -0.1) is 11.3 Å². The molecule has 8 heteroatoms. The zero-order valence-electron chi connectivity index (χ0n) is 14.9. The Morgan fingerprint density at radius 3 is 2.59 bits per heavy atom. The summed E-state index contributed by atoms with van der Waals surface area (Å²) in [5.74, 6) is -0.446. The predicted molar refractivity (Wildman–Crippen MR) is 98.8 cm³/mol. The molecule has 1 amide bonds. The van der Waals surface area contributed by atoms with E-state index in [-0.39, 0.29) is 18.7 Å². The quantitative estimate of drug-likeness (QED) is 0.778. The number of carboxylic acid groups (broad SMARTS) is 1. The van der Waals surface area contributed by atoms with Crippen molar-refractivity contribution < 1.29 is 24.2 Å². The van der Waals surface area contributed by atoms with Gasteiger partial charge in [-0.25, -0.2) is 5.01 Å². The number of methoxy groups -OCH3 is 2. The fourth-order valence-electron chi connectivity index (χ4n) is 2.87. The first-order valence-corrected chi connectivity index (χ1v) is 9.17. The summed E-state index contributed by atoms with van der Waals surface area (Å²) in [5.41, 5.74) is 4.71. The molecule has 2 aromatic rings. The van der Waals surface area contributed by atoms with E-state index >= 15 is 0 Å². The number of ether oxygens (including phenoxy) is 2. The van der Waals surface area contributed by atoms with E-state index in [1.54, 1.807) is 37.7 Å². The second-order valence-electron chi connectivity index (χ2n) is 5.86. The molecule has 2 heterocycles. The number of amides is 1. The molecule has 0 radical (unpaired) electrons. The third-order valence-corrected chi connectivity index (χ3v) is 5.09. The summed E-state index contributed by atoms with van der Waals surface area (Å²) in [5, 5.41) is 14.1. The highest BCUT2D eigenvalue weighted by Crippen LogP contribution is 2.37. The number of hydrogen-bond donors (Lipinski definition) is 1. The minimum atomic E-state index is -1.25. The lowest BCUT2D eigenvalue weighted by molar-refractivity contribution is -0.305. The molecule has 0 saturated heterocycles. The topological polar surface area (TPSA) is 90.9 Å². The molecule has 0 bridgehead atoms. The molecular weight excluding hydrogens is 368 g/mol. The Bertz CT molecular complexity index is 863. The zero-order chi connectivity index (χ0) is 19.4. The lowest BCUT2D eigenvalue weighted by Gasteiger charge is -2.26. The number of benzene rings is 1. The highest BCUT2D eigenvalue weighted by Gasteiger charge is 2.31. The number of carboxylic acids is 1. The van der Waals surface area contributed by atoms with Crippen molar-refractivity contribution in [2.75, 3.05) is 14.2 Å². The maximum Gasteiger partial charge on any atom is 0.242 e. The Hall–Kier alpha value is -3.00. The zero-order valence-corrected chi connectivity index (χ0v) is 15.7. The SMILES string of the molecule is COc1ccc([C@@H]2C=C(c3cccs3)NN2C(=O)CCC(=O)[O-])cc1OC. The van der Waals surface area contributed by atoms with Crippen LogP contribution in [0.5, 0.6) is 11.5 Å². The van der Waals surface area contributed by atoms with Gasteiger partial charge in [0.2, 0.25) is 5.91 Å². The third-order valence-electron chi connectivity index (χ3n) is 4.19. The second kappa shape index (κ2) is 8.13. The smallest absolute Gasteiger partial charge is 0.242 e. The Morgan fingerprint density at radius 2 is 1.96 bits per heavy atom. The lowest BCUT2D eigenvalue weighted by atomic mass is 10.0. The van der Waals surface area contributed by atoms with E-state index in [0.717, 1.165) is 16.1 Å². The second-order valence-corrected chi connectivity index (χ2v) is 6.81. The van der Waals surface area contributed by atoms with Crippen molar-refractivity contribution in [3.63, 3.8) is 0 Å². The van der Waals surface area contributed by atoms with Crippen molar-refractivity contribution >= 4 is 28.9 Å². The number of carbonyl (C=O) groups excluding carboxylic acids is 2. The van der Waals surface area contributed by atoms with Crippen LogP contribution in [0.2, 0.25) is 0 Å². The molecule has 0 fully saturated rings. The van der Waals surface area contributed by atoms with Crippen molar-refractivity contribution in [2.24, 2.45) is 0 Å². The van der Waals surface area contributed by atoms with Crippen LogP contribution in [0.15, 0.2) is 41.8 Å². The number of hydrogen-bond acceptors (Lipinski definition) is 7. The predicted octanol–water partition coefficient (Wildman–Crippen LogP) is 1.72. The summed E-state index contributed by atoms with van der Waals surface area (Å²) < 4.78 is 10.6. The monoisotopic (exact) mass is 387 g/mol. The number of aliphatic carboxylic acids is 1. The van der Waals surface area contributed by atoms with Crippen molar-refractivity contribution in [1.29, 1.82) is 0 Å². The fourth-order valence-corrected chi connectivity index (χ4v) is 3.57. The molecule has 1 aliphatic heterocycles. The number of nitrogens with zero attached hydrogens (tertiary/aromatic N) is 1. The van der Waals surface area contributed by atoms with Gasteiger partial charge in [0.25, 0.3) is 0 Å². The number of thiophene rings is 1. The van der Waals surface area contributed by atoms with Crippen molar-refractivity contribution in [3.05, 3.63) is 52.2 Å². The minimum Gasteiger partial charge on any atom is -0.550 e. The summed E-state index contributed by atoms with van der Waals surface area (Å²) in [6.07, 6.45) is 1.46. The van der Waals surface area contributed by atoms with E-state index in [1.807, 2.05) is 29.7 Å². The molecule has 3 rings (SSSR count). The number of nitrogens with one attached hydrogen (secondary N) is 1. The first-order chi connectivity index (χ1) is 13.0. The van der Waals surface area contributed by atoms with Crippen molar-refractivity contribution in [1.82, 2.24) is 10.4 Å². The van der Waals surface area contributed by atoms with Gasteiger partial charge in [-0.2, -0.15) is 0 Å². The molecule has 0 saturated carbocycles. The average molecular weight is 387 g/mol. The van der Waals surface area contributed by atoms with Crippen LogP contribution in [-0.4, -0.2) is 31.1 Å². The van der Waals surface area contributed by atoms with E-state index in [1.165, 1.54) is 5.01 Å². The van der Waals surface area contributed by atoms with Gasteiger partial charge in [-0.05, 0) is 41.6 Å².